The van der Waals surface area contributed by atoms with Gasteiger partial charge in [0.1, 0.15) is 5.82 Å². The molecule has 1 aromatic carbocycles. The van der Waals surface area contributed by atoms with E-state index in [1.165, 1.54) is 6.07 Å². The summed E-state index contributed by atoms with van der Waals surface area (Å²) >= 11 is 3.12. The van der Waals surface area contributed by atoms with Crippen molar-refractivity contribution in [3.8, 4) is 11.4 Å². The molecule has 82 valence electrons. The van der Waals surface area contributed by atoms with Crippen LogP contribution in [0, 0.1) is 5.82 Å². The van der Waals surface area contributed by atoms with E-state index in [0.29, 0.717) is 16.8 Å². The van der Waals surface area contributed by atoms with Crippen molar-refractivity contribution in [2.24, 2.45) is 5.73 Å². The van der Waals surface area contributed by atoms with Gasteiger partial charge < -0.3 is 5.73 Å². The summed E-state index contributed by atoms with van der Waals surface area (Å²) in [6, 6.07) is 6.40. The molecule has 16 heavy (non-hydrogen) atoms. The summed E-state index contributed by atoms with van der Waals surface area (Å²) < 4.78 is 13.4. The molecule has 0 amide bonds. The predicted octanol–water partition coefficient (Wildman–Crippen LogP) is 2.50. The van der Waals surface area contributed by atoms with Crippen LogP contribution >= 0.6 is 15.9 Å². The lowest BCUT2D eigenvalue weighted by Crippen LogP contribution is -2.01. The largest absolute Gasteiger partial charge is 0.325 e. The fraction of sp³-hybridized carbons (Fsp3) is 0.0909. The molecule has 0 saturated carbocycles. The minimum Gasteiger partial charge on any atom is -0.325 e. The number of benzene rings is 1. The first-order valence-corrected chi connectivity index (χ1v) is 5.47. The van der Waals surface area contributed by atoms with Crippen LogP contribution in [0.3, 0.4) is 0 Å². The molecule has 3 nitrogen and oxygen atoms in total. The molecule has 0 spiro atoms. The molecule has 0 fully saturated rings. The van der Waals surface area contributed by atoms with Crippen LogP contribution in [0.1, 0.15) is 5.69 Å². The number of nitrogens with zero attached hydrogens (tertiary/aromatic N) is 2. The van der Waals surface area contributed by atoms with Gasteiger partial charge in [0.05, 0.1) is 10.2 Å². The zero-order valence-electron chi connectivity index (χ0n) is 8.32. The van der Waals surface area contributed by atoms with Gasteiger partial charge in [-0.25, -0.2) is 14.4 Å². The van der Waals surface area contributed by atoms with Gasteiger partial charge in [-0.3, -0.25) is 0 Å². The molecule has 2 rings (SSSR count). The normalized spacial score (nSPS) is 10.4. The molecule has 0 aliphatic rings. The lowest BCUT2D eigenvalue weighted by atomic mass is 10.2. The van der Waals surface area contributed by atoms with Gasteiger partial charge in [0.2, 0.25) is 0 Å². The summed E-state index contributed by atoms with van der Waals surface area (Å²) in [4.78, 5) is 8.37. The third kappa shape index (κ3) is 2.25. The first kappa shape index (κ1) is 11.2. The molecule has 2 N–H and O–H groups in total. The number of aromatic nitrogens is 2. The van der Waals surface area contributed by atoms with Crippen molar-refractivity contribution >= 4 is 15.9 Å². The predicted molar refractivity (Wildman–Crippen MR) is 63.0 cm³/mol. The number of halogens is 2. The van der Waals surface area contributed by atoms with Crippen LogP contribution in [0.25, 0.3) is 11.4 Å². The van der Waals surface area contributed by atoms with Crippen LogP contribution in [-0.4, -0.2) is 9.97 Å². The SMILES string of the molecule is NCc1ccnc(-c2ccc(F)c(Br)c2)n1. The molecule has 0 atom stereocenters. The van der Waals surface area contributed by atoms with E-state index < -0.39 is 0 Å². The van der Waals surface area contributed by atoms with Crippen LogP contribution in [-0.2, 0) is 6.54 Å². The van der Waals surface area contributed by atoms with E-state index >= 15 is 0 Å². The monoisotopic (exact) mass is 281 g/mol. The molecule has 0 aliphatic carbocycles. The Kier molecular flexibility index (Phi) is 3.26. The molecule has 0 radical (unpaired) electrons. The van der Waals surface area contributed by atoms with Gasteiger partial charge in [-0.2, -0.15) is 0 Å². The van der Waals surface area contributed by atoms with E-state index in [2.05, 4.69) is 25.9 Å². The number of rotatable bonds is 2. The van der Waals surface area contributed by atoms with E-state index in [9.17, 15) is 4.39 Å². The highest BCUT2D eigenvalue weighted by molar-refractivity contribution is 9.10. The van der Waals surface area contributed by atoms with Gasteiger partial charge in [0.15, 0.2) is 5.82 Å². The van der Waals surface area contributed by atoms with E-state index in [4.69, 9.17) is 5.73 Å². The molecular weight excluding hydrogens is 273 g/mol. The quantitative estimate of drug-likeness (QED) is 0.920. The molecule has 2 aromatic rings. The van der Waals surface area contributed by atoms with Gasteiger partial charge in [-0.15, -0.1) is 0 Å². The van der Waals surface area contributed by atoms with Crippen LogP contribution in [0.4, 0.5) is 4.39 Å². The standard InChI is InChI=1S/C11H9BrFN3/c12-9-5-7(1-2-10(9)13)11-15-4-3-8(6-14)16-11/h1-5H,6,14H2. The Labute approximate surface area is 101 Å². The summed E-state index contributed by atoms with van der Waals surface area (Å²) in [6.45, 7) is 0.359. The Morgan fingerprint density at radius 1 is 1.31 bits per heavy atom. The smallest absolute Gasteiger partial charge is 0.159 e. The highest BCUT2D eigenvalue weighted by Gasteiger charge is 2.05. The Hall–Kier alpha value is -1.33. The summed E-state index contributed by atoms with van der Waals surface area (Å²) in [6.07, 6.45) is 1.64. The first-order chi connectivity index (χ1) is 7.70. The molecular formula is C11H9BrFN3. The lowest BCUT2D eigenvalue weighted by molar-refractivity contribution is 0.621. The van der Waals surface area contributed by atoms with Crippen molar-refractivity contribution in [2.75, 3.05) is 0 Å². The summed E-state index contributed by atoms with van der Waals surface area (Å²) in [5.74, 6) is 0.238. The maximum Gasteiger partial charge on any atom is 0.159 e. The third-order valence-corrected chi connectivity index (χ3v) is 2.71. The topological polar surface area (TPSA) is 51.8 Å². The second-order valence-electron chi connectivity index (χ2n) is 3.20. The van der Waals surface area contributed by atoms with E-state index in [-0.39, 0.29) is 5.82 Å². The Morgan fingerprint density at radius 3 is 2.81 bits per heavy atom. The van der Waals surface area contributed by atoms with Crippen LogP contribution in [0.2, 0.25) is 0 Å². The van der Waals surface area contributed by atoms with Crippen molar-refractivity contribution in [2.45, 2.75) is 6.54 Å². The Morgan fingerprint density at radius 2 is 2.12 bits per heavy atom. The summed E-state index contributed by atoms with van der Waals surface area (Å²) in [7, 11) is 0. The summed E-state index contributed by atoms with van der Waals surface area (Å²) in [5.41, 5.74) is 7.00. The fourth-order valence-electron chi connectivity index (χ4n) is 1.28. The number of hydrogen-bond donors (Lipinski definition) is 1. The molecule has 1 heterocycles. The lowest BCUT2D eigenvalue weighted by Gasteiger charge is -2.03. The van der Waals surface area contributed by atoms with Crippen molar-refractivity contribution in [3.63, 3.8) is 0 Å². The fourth-order valence-corrected chi connectivity index (χ4v) is 1.66. The van der Waals surface area contributed by atoms with Gasteiger partial charge in [0, 0.05) is 18.3 Å². The van der Waals surface area contributed by atoms with E-state index in [1.54, 1.807) is 24.4 Å². The second kappa shape index (κ2) is 4.67. The van der Waals surface area contributed by atoms with Crippen LogP contribution < -0.4 is 5.73 Å². The van der Waals surface area contributed by atoms with Crippen molar-refractivity contribution in [3.05, 3.63) is 46.4 Å². The third-order valence-electron chi connectivity index (χ3n) is 2.10. The number of hydrogen-bond acceptors (Lipinski definition) is 3. The number of nitrogens with two attached hydrogens (primary N) is 1. The molecule has 0 saturated heterocycles. The molecule has 0 unspecified atom stereocenters. The minimum atomic E-state index is -0.307. The van der Waals surface area contributed by atoms with Gasteiger partial charge in [-0.1, -0.05) is 0 Å². The van der Waals surface area contributed by atoms with Gasteiger partial charge in [0.25, 0.3) is 0 Å². The molecule has 0 aliphatic heterocycles. The van der Waals surface area contributed by atoms with Crippen molar-refractivity contribution in [1.29, 1.82) is 0 Å². The van der Waals surface area contributed by atoms with Crippen molar-refractivity contribution in [1.82, 2.24) is 9.97 Å². The highest BCUT2D eigenvalue weighted by atomic mass is 79.9. The highest BCUT2D eigenvalue weighted by Crippen LogP contribution is 2.22. The maximum atomic E-state index is 13.1. The van der Waals surface area contributed by atoms with E-state index in [0.717, 1.165) is 11.3 Å². The van der Waals surface area contributed by atoms with Gasteiger partial charge >= 0.3 is 0 Å². The van der Waals surface area contributed by atoms with E-state index in [1.807, 2.05) is 0 Å². The zero-order chi connectivity index (χ0) is 11.5. The zero-order valence-corrected chi connectivity index (χ0v) is 9.91. The minimum absolute atomic E-state index is 0.307. The Balaban J connectivity index is 2.46. The maximum absolute atomic E-state index is 13.1. The van der Waals surface area contributed by atoms with Crippen LogP contribution in [0.15, 0.2) is 34.9 Å². The first-order valence-electron chi connectivity index (χ1n) is 4.68. The van der Waals surface area contributed by atoms with Crippen molar-refractivity contribution < 1.29 is 4.39 Å². The molecule has 0 bridgehead atoms. The molecule has 1 aromatic heterocycles. The second-order valence-corrected chi connectivity index (χ2v) is 4.06. The average Bonchev–Trinajstić information content (AvgIpc) is 2.33. The summed E-state index contributed by atoms with van der Waals surface area (Å²) in [5, 5.41) is 0. The molecule has 5 heteroatoms. The van der Waals surface area contributed by atoms with Crippen LogP contribution in [0.5, 0.6) is 0 Å². The van der Waals surface area contributed by atoms with Gasteiger partial charge in [-0.05, 0) is 40.2 Å². The average molecular weight is 282 g/mol. The Bertz CT molecular complexity index is 516.